The third-order valence-electron chi connectivity index (χ3n) is 2.39. The smallest absolute Gasteiger partial charge is 0.322 e. The molecule has 0 aromatic carbocycles. The van der Waals surface area contributed by atoms with Crippen molar-refractivity contribution >= 4 is 11.9 Å². The third kappa shape index (κ3) is 3.81. The number of hydrogen-bond acceptors (Lipinski definition) is 5. The highest BCUT2D eigenvalue weighted by Gasteiger charge is 2.29. The number of anilines is 1. The van der Waals surface area contributed by atoms with E-state index in [9.17, 15) is 4.79 Å². The summed E-state index contributed by atoms with van der Waals surface area (Å²) in [5, 5.41) is 13.3. The first-order valence-electron chi connectivity index (χ1n) is 5.82. The first-order valence-corrected chi connectivity index (χ1v) is 5.82. The number of nitrogens with zero attached hydrogens (tertiary/aromatic N) is 2. The van der Waals surface area contributed by atoms with E-state index in [4.69, 9.17) is 4.42 Å². The van der Waals surface area contributed by atoms with Gasteiger partial charge in [-0.25, -0.2) is 0 Å². The number of rotatable bonds is 4. The van der Waals surface area contributed by atoms with Crippen molar-refractivity contribution in [1.29, 1.82) is 0 Å². The van der Waals surface area contributed by atoms with Crippen LogP contribution in [0.25, 0.3) is 0 Å². The van der Waals surface area contributed by atoms with Crippen LogP contribution in [0, 0.1) is 0 Å². The Balaban J connectivity index is 1.80. The minimum Gasteiger partial charge on any atom is -0.408 e. The molecule has 0 unspecified atom stereocenters. The summed E-state index contributed by atoms with van der Waals surface area (Å²) in [6.07, 6.45) is 2.20. The van der Waals surface area contributed by atoms with Gasteiger partial charge in [-0.1, -0.05) is 5.10 Å². The average molecular weight is 238 g/mol. The standard InChI is InChI=1S/C11H18N4O2/c1-11(2,3)12-6-8(16)13-10-15-14-9(17-10)7-4-5-7/h7,12H,4-6H2,1-3H3,(H,13,15,16). The number of hydrogen-bond donors (Lipinski definition) is 2. The number of carbonyl (C=O) groups excluding carboxylic acids is 1. The van der Waals surface area contributed by atoms with Gasteiger partial charge in [-0.05, 0) is 33.6 Å². The zero-order valence-electron chi connectivity index (χ0n) is 10.4. The van der Waals surface area contributed by atoms with Crippen LogP contribution < -0.4 is 10.6 Å². The number of carbonyl (C=O) groups is 1. The van der Waals surface area contributed by atoms with Gasteiger partial charge in [0.05, 0.1) is 6.54 Å². The molecule has 6 heteroatoms. The minimum atomic E-state index is -0.175. The average Bonchev–Trinajstić information content (AvgIpc) is 2.97. The first-order chi connectivity index (χ1) is 7.94. The molecular weight excluding hydrogens is 220 g/mol. The normalized spacial score (nSPS) is 15.9. The summed E-state index contributed by atoms with van der Waals surface area (Å²) in [4.78, 5) is 11.6. The maximum Gasteiger partial charge on any atom is 0.322 e. The van der Waals surface area contributed by atoms with Crippen molar-refractivity contribution in [2.24, 2.45) is 0 Å². The molecule has 17 heavy (non-hydrogen) atoms. The van der Waals surface area contributed by atoms with E-state index in [-0.39, 0.29) is 24.0 Å². The van der Waals surface area contributed by atoms with E-state index in [1.54, 1.807) is 0 Å². The van der Waals surface area contributed by atoms with Crippen molar-refractivity contribution in [3.63, 3.8) is 0 Å². The van der Waals surface area contributed by atoms with Crippen LogP contribution in [-0.4, -0.2) is 28.2 Å². The second-order valence-electron chi connectivity index (χ2n) is 5.37. The van der Waals surface area contributed by atoms with E-state index in [0.29, 0.717) is 11.8 Å². The Labute approximate surface area is 100 Å². The Morgan fingerprint density at radius 1 is 1.41 bits per heavy atom. The van der Waals surface area contributed by atoms with Gasteiger partial charge in [-0.2, -0.15) is 0 Å². The molecule has 1 aliphatic rings. The monoisotopic (exact) mass is 238 g/mol. The Kier molecular flexibility index (Phi) is 3.15. The number of amides is 1. The molecule has 6 nitrogen and oxygen atoms in total. The molecule has 0 saturated heterocycles. The maximum atomic E-state index is 11.6. The molecule has 1 saturated carbocycles. The lowest BCUT2D eigenvalue weighted by Gasteiger charge is -2.19. The summed E-state index contributed by atoms with van der Waals surface area (Å²) in [5.41, 5.74) is -0.0919. The summed E-state index contributed by atoms with van der Waals surface area (Å²) in [6, 6.07) is 0.188. The molecule has 0 radical (unpaired) electrons. The second kappa shape index (κ2) is 4.44. The fourth-order valence-electron chi connectivity index (χ4n) is 1.29. The molecule has 2 N–H and O–H groups in total. The third-order valence-corrected chi connectivity index (χ3v) is 2.39. The van der Waals surface area contributed by atoms with Gasteiger partial charge >= 0.3 is 6.01 Å². The van der Waals surface area contributed by atoms with Crippen LogP contribution in [0.15, 0.2) is 4.42 Å². The van der Waals surface area contributed by atoms with E-state index in [1.165, 1.54) is 0 Å². The van der Waals surface area contributed by atoms with Crippen molar-refractivity contribution in [2.75, 3.05) is 11.9 Å². The van der Waals surface area contributed by atoms with E-state index < -0.39 is 0 Å². The highest BCUT2D eigenvalue weighted by Crippen LogP contribution is 2.39. The van der Waals surface area contributed by atoms with Crippen LogP contribution in [0.4, 0.5) is 6.01 Å². The molecule has 94 valence electrons. The molecule has 2 rings (SSSR count). The topological polar surface area (TPSA) is 80.0 Å². The van der Waals surface area contributed by atoms with Crippen LogP contribution in [0.5, 0.6) is 0 Å². The second-order valence-corrected chi connectivity index (χ2v) is 5.37. The summed E-state index contributed by atoms with van der Waals surface area (Å²) in [5.74, 6) is 0.857. The van der Waals surface area contributed by atoms with Gasteiger partial charge in [0.1, 0.15) is 0 Å². The molecule has 1 heterocycles. The quantitative estimate of drug-likeness (QED) is 0.825. The molecule has 0 bridgehead atoms. The predicted octanol–water partition coefficient (Wildman–Crippen LogP) is 1.27. The number of aromatic nitrogens is 2. The van der Waals surface area contributed by atoms with Crippen molar-refractivity contribution in [3.8, 4) is 0 Å². The minimum absolute atomic E-state index is 0.0919. The van der Waals surface area contributed by atoms with Gasteiger partial charge in [0.25, 0.3) is 0 Å². The summed E-state index contributed by atoms with van der Waals surface area (Å²) < 4.78 is 5.33. The zero-order valence-corrected chi connectivity index (χ0v) is 10.4. The van der Waals surface area contributed by atoms with Gasteiger partial charge in [0.2, 0.25) is 11.8 Å². The van der Waals surface area contributed by atoms with Gasteiger partial charge in [0.15, 0.2) is 0 Å². The van der Waals surface area contributed by atoms with Gasteiger partial charge in [0, 0.05) is 11.5 Å². The highest BCUT2D eigenvalue weighted by atomic mass is 16.4. The first kappa shape index (κ1) is 12.0. The molecule has 1 aliphatic carbocycles. The van der Waals surface area contributed by atoms with Crippen molar-refractivity contribution in [2.45, 2.75) is 45.1 Å². The van der Waals surface area contributed by atoms with Crippen LogP contribution in [0.1, 0.15) is 45.4 Å². The molecule has 1 fully saturated rings. The van der Waals surface area contributed by atoms with E-state index in [0.717, 1.165) is 12.8 Å². The van der Waals surface area contributed by atoms with Crippen molar-refractivity contribution < 1.29 is 9.21 Å². The summed E-state index contributed by atoms with van der Waals surface area (Å²) in [7, 11) is 0. The number of nitrogens with one attached hydrogen (secondary N) is 2. The maximum absolute atomic E-state index is 11.6. The molecular formula is C11H18N4O2. The molecule has 1 amide bonds. The van der Waals surface area contributed by atoms with Crippen LogP contribution in [0.3, 0.4) is 0 Å². The fourth-order valence-corrected chi connectivity index (χ4v) is 1.29. The van der Waals surface area contributed by atoms with Crippen molar-refractivity contribution in [1.82, 2.24) is 15.5 Å². The molecule has 1 aromatic heterocycles. The van der Waals surface area contributed by atoms with Gasteiger partial charge in [-0.3, -0.25) is 10.1 Å². The molecule has 1 aromatic rings. The Bertz CT molecular complexity index is 404. The molecule has 0 spiro atoms. The SMILES string of the molecule is CC(C)(C)NCC(=O)Nc1nnc(C2CC2)o1. The lowest BCUT2D eigenvalue weighted by Crippen LogP contribution is -2.41. The Hall–Kier alpha value is -1.43. The van der Waals surface area contributed by atoms with Crippen LogP contribution in [0.2, 0.25) is 0 Å². The fraction of sp³-hybridized carbons (Fsp3) is 0.727. The summed E-state index contributed by atoms with van der Waals surface area (Å²) >= 11 is 0. The summed E-state index contributed by atoms with van der Waals surface area (Å²) in [6.45, 7) is 6.22. The predicted molar refractivity (Wildman–Crippen MR) is 62.7 cm³/mol. The van der Waals surface area contributed by atoms with Gasteiger partial charge < -0.3 is 9.73 Å². The molecule has 0 atom stereocenters. The Morgan fingerprint density at radius 3 is 2.71 bits per heavy atom. The zero-order chi connectivity index (χ0) is 12.5. The van der Waals surface area contributed by atoms with Crippen LogP contribution in [-0.2, 0) is 4.79 Å². The van der Waals surface area contributed by atoms with E-state index >= 15 is 0 Å². The lowest BCUT2D eigenvalue weighted by atomic mass is 10.1. The molecule has 0 aliphatic heterocycles. The van der Waals surface area contributed by atoms with E-state index in [2.05, 4.69) is 20.8 Å². The van der Waals surface area contributed by atoms with E-state index in [1.807, 2.05) is 20.8 Å². The van der Waals surface area contributed by atoms with Crippen LogP contribution >= 0.6 is 0 Å². The highest BCUT2D eigenvalue weighted by molar-refractivity contribution is 5.90. The van der Waals surface area contributed by atoms with Gasteiger partial charge in [-0.15, -0.1) is 5.10 Å². The largest absolute Gasteiger partial charge is 0.408 e. The van der Waals surface area contributed by atoms with Crippen molar-refractivity contribution in [3.05, 3.63) is 5.89 Å². The lowest BCUT2D eigenvalue weighted by molar-refractivity contribution is -0.115. The Morgan fingerprint density at radius 2 is 2.12 bits per heavy atom.